The van der Waals surface area contributed by atoms with Crippen LogP contribution in [0.1, 0.15) is 52.5 Å². The molecule has 4 rings (SSSR count). The molecule has 24 heavy (non-hydrogen) atoms. The van der Waals surface area contributed by atoms with Gasteiger partial charge in [-0.25, -0.2) is 4.98 Å². The largest absolute Gasteiger partial charge is 0.381 e. The number of nitrogens with zero attached hydrogens (tertiary/aromatic N) is 3. The van der Waals surface area contributed by atoms with Crippen LogP contribution in [0.3, 0.4) is 0 Å². The summed E-state index contributed by atoms with van der Waals surface area (Å²) in [4.78, 5) is 10.3. The third-order valence-corrected chi connectivity index (χ3v) is 6.37. The Morgan fingerprint density at radius 3 is 2.79 bits per heavy atom. The number of ether oxygens (including phenoxy) is 1. The molecule has 130 valence electrons. The molecule has 0 amide bonds. The van der Waals surface area contributed by atoms with Crippen LogP contribution < -0.4 is 0 Å². The van der Waals surface area contributed by atoms with Gasteiger partial charge in [0.05, 0.1) is 0 Å². The Morgan fingerprint density at radius 1 is 1.21 bits per heavy atom. The van der Waals surface area contributed by atoms with Gasteiger partial charge in [-0.05, 0) is 45.2 Å². The van der Waals surface area contributed by atoms with E-state index in [1.807, 2.05) is 11.3 Å². The van der Waals surface area contributed by atoms with Gasteiger partial charge in [-0.3, -0.25) is 4.90 Å². The van der Waals surface area contributed by atoms with E-state index in [0.717, 1.165) is 39.1 Å². The van der Waals surface area contributed by atoms with Crippen LogP contribution in [-0.4, -0.2) is 40.8 Å². The van der Waals surface area contributed by atoms with Gasteiger partial charge in [0.15, 0.2) is 0 Å². The standard InChI is InChI=1S/C19H27N3OS/c1-14-11-20-19(16-6-9-23-10-7-16)22(14)17-5-8-21(12-17)13-18-4-3-15(2)24-18/h3-4,11,16-17H,5-10,12-13H2,1-2H3. The van der Waals surface area contributed by atoms with E-state index in [2.05, 4.69) is 41.6 Å². The third-order valence-electron chi connectivity index (χ3n) is 5.39. The lowest BCUT2D eigenvalue weighted by molar-refractivity contribution is 0.0824. The summed E-state index contributed by atoms with van der Waals surface area (Å²) in [6.07, 6.45) is 5.52. The van der Waals surface area contributed by atoms with Crippen LogP contribution in [0.15, 0.2) is 18.3 Å². The number of likely N-dealkylation sites (tertiary alicyclic amines) is 1. The number of aryl methyl sites for hydroxylation is 2. The van der Waals surface area contributed by atoms with E-state index in [9.17, 15) is 0 Å². The summed E-state index contributed by atoms with van der Waals surface area (Å²) in [6.45, 7) is 9.58. The zero-order chi connectivity index (χ0) is 16.5. The van der Waals surface area contributed by atoms with Gasteiger partial charge in [0.1, 0.15) is 5.82 Å². The molecule has 2 fully saturated rings. The summed E-state index contributed by atoms with van der Waals surface area (Å²) in [7, 11) is 0. The first kappa shape index (κ1) is 16.3. The number of aromatic nitrogens is 2. The Morgan fingerprint density at radius 2 is 2.04 bits per heavy atom. The van der Waals surface area contributed by atoms with Gasteiger partial charge in [-0.2, -0.15) is 0 Å². The van der Waals surface area contributed by atoms with Crippen molar-refractivity contribution in [1.82, 2.24) is 14.5 Å². The smallest absolute Gasteiger partial charge is 0.112 e. The van der Waals surface area contributed by atoms with Crippen molar-refractivity contribution in [3.63, 3.8) is 0 Å². The lowest BCUT2D eigenvalue weighted by Gasteiger charge is -2.26. The number of hydrogen-bond donors (Lipinski definition) is 0. The molecular formula is C19H27N3OS. The van der Waals surface area contributed by atoms with Crippen LogP contribution in [0.25, 0.3) is 0 Å². The fraction of sp³-hybridized carbons (Fsp3) is 0.632. The minimum atomic E-state index is 0.571. The Kier molecular flexibility index (Phi) is 4.74. The molecule has 0 bridgehead atoms. The molecule has 5 heteroatoms. The maximum atomic E-state index is 5.53. The van der Waals surface area contributed by atoms with Crippen LogP contribution in [0.2, 0.25) is 0 Å². The fourth-order valence-electron chi connectivity index (χ4n) is 4.15. The Hall–Kier alpha value is -1.17. The Bertz CT molecular complexity index is 687. The van der Waals surface area contributed by atoms with Crippen molar-refractivity contribution in [2.75, 3.05) is 26.3 Å². The molecule has 0 radical (unpaired) electrons. The van der Waals surface area contributed by atoms with Crippen molar-refractivity contribution in [2.24, 2.45) is 0 Å². The third kappa shape index (κ3) is 3.30. The van der Waals surface area contributed by atoms with Crippen LogP contribution in [-0.2, 0) is 11.3 Å². The number of hydrogen-bond acceptors (Lipinski definition) is 4. The van der Waals surface area contributed by atoms with E-state index >= 15 is 0 Å². The van der Waals surface area contributed by atoms with Crippen molar-refractivity contribution in [1.29, 1.82) is 0 Å². The van der Waals surface area contributed by atoms with Crippen LogP contribution >= 0.6 is 11.3 Å². The van der Waals surface area contributed by atoms with Gasteiger partial charge in [0.25, 0.3) is 0 Å². The Balaban J connectivity index is 1.47. The molecular weight excluding hydrogens is 318 g/mol. The first-order valence-corrected chi connectivity index (χ1v) is 9.91. The summed E-state index contributed by atoms with van der Waals surface area (Å²) in [5.74, 6) is 1.87. The van der Waals surface area contributed by atoms with E-state index in [4.69, 9.17) is 9.72 Å². The molecule has 1 atom stereocenters. The van der Waals surface area contributed by atoms with Gasteiger partial charge < -0.3 is 9.30 Å². The summed E-state index contributed by atoms with van der Waals surface area (Å²) in [5.41, 5.74) is 1.32. The van der Waals surface area contributed by atoms with Crippen molar-refractivity contribution >= 4 is 11.3 Å². The molecule has 0 aliphatic carbocycles. The highest BCUT2D eigenvalue weighted by Crippen LogP contribution is 2.33. The summed E-state index contributed by atoms with van der Waals surface area (Å²) >= 11 is 1.93. The molecule has 0 saturated carbocycles. The monoisotopic (exact) mass is 345 g/mol. The summed E-state index contributed by atoms with van der Waals surface area (Å²) < 4.78 is 8.07. The van der Waals surface area contributed by atoms with E-state index in [1.165, 1.54) is 34.2 Å². The topological polar surface area (TPSA) is 30.3 Å². The molecule has 0 spiro atoms. The normalized spacial score (nSPS) is 23.2. The quantitative estimate of drug-likeness (QED) is 0.842. The predicted octanol–water partition coefficient (Wildman–Crippen LogP) is 3.90. The van der Waals surface area contributed by atoms with Crippen LogP contribution in [0.4, 0.5) is 0 Å². The molecule has 1 unspecified atom stereocenters. The first-order valence-electron chi connectivity index (χ1n) is 9.10. The molecule has 2 aliphatic heterocycles. The molecule has 2 aliphatic rings. The van der Waals surface area contributed by atoms with Crippen molar-refractivity contribution in [3.05, 3.63) is 39.6 Å². The van der Waals surface area contributed by atoms with E-state index in [1.54, 1.807) is 0 Å². The molecule has 2 aromatic heterocycles. The first-order chi connectivity index (χ1) is 11.7. The molecule has 2 saturated heterocycles. The van der Waals surface area contributed by atoms with Gasteiger partial charge >= 0.3 is 0 Å². The van der Waals surface area contributed by atoms with Gasteiger partial charge in [0.2, 0.25) is 0 Å². The highest BCUT2D eigenvalue weighted by molar-refractivity contribution is 7.11. The average Bonchev–Trinajstić information content (AvgIpc) is 3.29. The minimum absolute atomic E-state index is 0.571. The molecule has 4 nitrogen and oxygen atoms in total. The zero-order valence-electron chi connectivity index (χ0n) is 14.7. The van der Waals surface area contributed by atoms with Gasteiger partial charge in [0, 0.05) is 66.5 Å². The second-order valence-electron chi connectivity index (χ2n) is 7.20. The van der Waals surface area contributed by atoms with E-state index < -0.39 is 0 Å². The molecule has 2 aromatic rings. The van der Waals surface area contributed by atoms with Crippen LogP contribution in [0, 0.1) is 13.8 Å². The number of rotatable bonds is 4. The van der Waals surface area contributed by atoms with Crippen molar-refractivity contribution < 1.29 is 4.74 Å². The highest BCUT2D eigenvalue weighted by atomic mass is 32.1. The lowest BCUT2D eigenvalue weighted by atomic mass is 9.99. The Labute approximate surface area is 148 Å². The fourth-order valence-corrected chi connectivity index (χ4v) is 5.09. The van der Waals surface area contributed by atoms with Gasteiger partial charge in [-0.1, -0.05) is 0 Å². The summed E-state index contributed by atoms with van der Waals surface area (Å²) in [5, 5.41) is 0. The average molecular weight is 346 g/mol. The van der Waals surface area contributed by atoms with Crippen molar-refractivity contribution in [3.8, 4) is 0 Å². The number of imidazole rings is 1. The zero-order valence-corrected chi connectivity index (χ0v) is 15.5. The predicted molar refractivity (Wildman–Crippen MR) is 97.7 cm³/mol. The maximum absolute atomic E-state index is 5.53. The highest BCUT2D eigenvalue weighted by Gasteiger charge is 2.29. The number of thiophene rings is 1. The SMILES string of the molecule is Cc1ccc(CN2CCC(n3c(C)cnc3C3CCOCC3)C2)s1. The van der Waals surface area contributed by atoms with E-state index in [0.29, 0.717) is 12.0 Å². The minimum Gasteiger partial charge on any atom is -0.381 e. The lowest BCUT2D eigenvalue weighted by Crippen LogP contribution is -2.24. The summed E-state index contributed by atoms with van der Waals surface area (Å²) in [6, 6.07) is 5.09. The van der Waals surface area contributed by atoms with E-state index in [-0.39, 0.29) is 0 Å². The second kappa shape index (κ2) is 6.98. The second-order valence-corrected chi connectivity index (χ2v) is 8.58. The molecule has 0 N–H and O–H groups in total. The van der Waals surface area contributed by atoms with Crippen LogP contribution in [0.5, 0.6) is 0 Å². The van der Waals surface area contributed by atoms with Crippen molar-refractivity contribution in [2.45, 2.75) is 51.6 Å². The van der Waals surface area contributed by atoms with Gasteiger partial charge in [-0.15, -0.1) is 11.3 Å². The molecule has 0 aromatic carbocycles. The molecule has 4 heterocycles. The maximum Gasteiger partial charge on any atom is 0.112 e.